The van der Waals surface area contributed by atoms with Crippen LogP contribution in [0.3, 0.4) is 0 Å². The Morgan fingerprint density at radius 1 is 1.35 bits per heavy atom. The molecule has 0 aromatic heterocycles. The maximum atomic E-state index is 13.1. The van der Waals surface area contributed by atoms with Crippen LogP contribution in [0, 0.1) is 11.6 Å². The number of benzene rings is 1. The van der Waals surface area contributed by atoms with Gasteiger partial charge in [-0.25, -0.2) is 8.78 Å². The topological polar surface area (TPSA) is 47.3 Å². The Morgan fingerprint density at radius 3 is 2.47 bits per heavy atom. The van der Waals surface area contributed by atoms with Gasteiger partial charge in [-0.3, -0.25) is 11.3 Å². The molecule has 0 saturated carbocycles. The number of rotatable bonds is 5. The third-order valence-corrected chi connectivity index (χ3v) is 2.99. The SMILES string of the molecule is COC(C)(C)C(Cc1ccc(F)c(F)c1)NN. The minimum Gasteiger partial charge on any atom is -0.377 e. The summed E-state index contributed by atoms with van der Waals surface area (Å²) in [6.07, 6.45) is 0.453. The van der Waals surface area contributed by atoms with Crippen LogP contribution >= 0.6 is 0 Å². The van der Waals surface area contributed by atoms with Crippen molar-refractivity contribution in [1.29, 1.82) is 0 Å². The second-order valence-electron chi connectivity index (χ2n) is 4.48. The third kappa shape index (κ3) is 3.46. The highest BCUT2D eigenvalue weighted by atomic mass is 19.2. The molecule has 5 heteroatoms. The van der Waals surface area contributed by atoms with E-state index < -0.39 is 17.2 Å². The van der Waals surface area contributed by atoms with Crippen molar-refractivity contribution in [3.8, 4) is 0 Å². The van der Waals surface area contributed by atoms with E-state index in [-0.39, 0.29) is 6.04 Å². The molecule has 96 valence electrons. The molecule has 3 N–H and O–H groups in total. The zero-order chi connectivity index (χ0) is 13.1. The number of nitrogens with two attached hydrogens (primary N) is 1. The average Bonchev–Trinajstić information content (AvgIpc) is 2.30. The number of methoxy groups -OCH3 is 1. The molecule has 0 fully saturated rings. The first-order valence-corrected chi connectivity index (χ1v) is 5.36. The zero-order valence-electron chi connectivity index (χ0n) is 10.3. The van der Waals surface area contributed by atoms with Gasteiger partial charge in [0.15, 0.2) is 11.6 Å². The maximum Gasteiger partial charge on any atom is 0.159 e. The predicted octanol–water partition coefficient (Wildman–Crippen LogP) is 1.76. The van der Waals surface area contributed by atoms with Crippen molar-refractivity contribution in [2.45, 2.75) is 31.9 Å². The van der Waals surface area contributed by atoms with E-state index in [9.17, 15) is 8.78 Å². The monoisotopic (exact) mass is 244 g/mol. The molecule has 0 saturated heterocycles. The number of hydrazine groups is 1. The normalized spacial score (nSPS) is 13.8. The fraction of sp³-hybridized carbons (Fsp3) is 0.500. The molecular weight excluding hydrogens is 226 g/mol. The quantitative estimate of drug-likeness (QED) is 0.613. The van der Waals surface area contributed by atoms with Gasteiger partial charge in [0.05, 0.1) is 11.6 Å². The van der Waals surface area contributed by atoms with Crippen LogP contribution in [0.25, 0.3) is 0 Å². The Morgan fingerprint density at radius 2 is 2.00 bits per heavy atom. The van der Waals surface area contributed by atoms with Crippen LogP contribution in [0.15, 0.2) is 18.2 Å². The summed E-state index contributed by atoms with van der Waals surface area (Å²) < 4.78 is 31.1. The number of ether oxygens (including phenoxy) is 1. The highest BCUT2D eigenvalue weighted by molar-refractivity contribution is 5.19. The predicted molar refractivity (Wildman–Crippen MR) is 62.3 cm³/mol. The van der Waals surface area contributed by atoms with Crippen molar-refractivity contribution in [1.82, 2.24) is 5.43 Å². The lowest BCUT2D eigenvalue weighted by Crippen LogP contribution is -2.52. The maximum absolute atomic E-state index is 13.1. The van der Waals surface area contributed by atoms with Crippen molar-refractivity contribution in [3.63, 3.8) is 0 Å². The summed E-state index contributed by atoms with van der Waals surface area (Å²) in [6, 6.07) is 3.62. The van der Waals surface area contributed by atoms with E-state index in [0.29, 0.717) is 12.0 Å². The molecule has 0 bridgehead atoms. The van der Waals surface area contributed by atoms with E-state index in [2.05, 4.69) is 5.43 Å². The number of hydrogen-bond acceptors (Lipinski definition) is 3. The zero-order valence-corrected chi connectivity index (χ0v) is 10.3. The van der Waals surface area contributed by atoms with Gasteiger partial charge >= 0.3 is 0 Å². The molecule has 0 radical (unpaired) electrons. The molecule has 1 unspecified atom stereocenters. The van der Waals surface area contributed by atoms with Crippen LogP contribution in [0.1, 0.15) is 19.4 Å². The smallest absolute Gasteiger partial charge is 0.159 e. The van der Waals surface area contributed by atoms with Crippen molar-refractivity contribution in [2.75, 3.05) is 7.11 Å². The first-order valence-electron chi connectivity index (χ1n) is 5.36. The van der Waals surface area contributed by atoms with Crippen LogP contribution in [0.5, 0.6) is 0 Å². The summed E-state index contributed by atoms with van der Waals surface area (Å²) in [7, 11) is 1.58. The van der Waals surface area contributed by atoms with Crippen LogP contribution in [0.2, 0.25) is 0 Å². The molecule has 0 spiro atoms. The van der Waals surface area contributed by atoms with Crippen LogP contribution in [0.4, 0.5) is 8.78 Å². The molecule has 17 heavy (non-hydrogen) atoms. The van der Waals surface area contributed by atoms with Gasteiger partial charge < -0.3 is 4.74 Å². The fourth-order valence-corrected chi connectivity index (χ4v) is 1.55. The first kappa shape index (κ1) is 14.0. The lowest BCUT2D eigenvalue weighted by atomic mass is 9.92. The molecule has 0 amide bonds. The Balaban J connectivity index is 2.84. The molecule has 1 rings (SSSR count). The fourth-order valence-electron chi connectivity index (χ4n) is 1.55. The van der Waals surface area contributed by atoms with Gasteiger partial charge in [0.1, 0.15) is 0 Å². The highest BCUT2D eigenvalue weighted by Crippen LogP contribution is 2.18. The van der Waals surface area contributed by atoms with Gasteiger partial charge in [-0.05, 0) is 38.0 Å². The van der Waals surface area contributed by atoms with Crippen molar-refractivity contribution in [3.05, 3.63) is 35.4 Å². The summed E-state index contributed by atoms with van der Waals surface area (Å²) in [5.41, 5.74) is 2.80. The minimum atomic E-state index is -0.853. The first-order chi connectivity index (χ1) is 7.90. The summed E-state index contributed by atoms with van der Waals surface area (Å²) in [6.45, 7) is 3.74. The van der Waals surface area contributed by atoms with Crippen LogP contribution in [-0.4, -0.2) is 18.8 Å². The second-order valence-corrected chi connectivity index (χ2v) is 4.48. The summed E-state index contributed by atoms with van der Waals surface area (Å²) in [4.78, 5) is 0. The van der Waals surface area contributed by atoms with Gasteiger partial charge in [0.2, 0.25) is 0 Å². The number of halogens is 2. The van der Waals surface area contributed by atoms with Crippen LogP contribution in [-0.2, 0) is 11.2 Å². The lowest BCUT2D eigenvalue weighted by Gasteiger charge is -2.32. The van der Waals surface area contributed by atoms with Crippen molar-refractivity contribution < 1.29 is 13.5 Å². The minimum absolute atomic E-state index is 0.197. The van der Waals surface area contributed by atoms with Gasteiger partial charge in [-0.2, -0.15) is 0 Å². The molecule has 0 aliphatic carbocycles. The molecule has 1 atom stereocenters. The van der Waals surface area contributed by atoms with E-state index in [1.807, 2.05) is 13.8 Å². The third-order valence-electron chi connectivity index (χ3n) is 2.99. The Kier molecular flexibility index (Phi) is 4.56. The van der Waals surface area contributed by atoms with E-state index in [1.54, 1.807) is 7.11 Å². The van der Waals surface area contributed by atoms with E-state index in [4.69, 9.17) is 10.6 Å². The number of hydrogen-bond donors (Lipinski definition) is 2. The molecule has 1 aromatic carbocycles. The molecular formula is C12H18F2N2O. The Labute approximate surface area is 99.9 Å². The Hall–Kier alpha value is -1.04. The second kappa shape index (κ2) is 5.53. The van der Waals surface area contributed by atoms with Gasteiger partial charge in [0.25, 0.3) is 0 Å². The highest BCUT2D eigenvalue weighted by Gasteiger charge is 2.28. The summed E-state index contributed by atoms with van der Waals surface area (Å²) in [5.74, 6) is 3.75. The van der Waals surface area contributed by atoms with E-state index >= 15 is 0 Å². The van der Waals surface area contributed by atoms with Crippen LogP contribution < -0.4 is 11.3 Å². The van der Waals surface area contributed by atoms with E-state index in [1.165, 1.54) is 12.1 Å². The van der Waals surface area contributed by atoms with E-state index in [0.717, 1.165) is 6.07 Å². The summed E-state index contributed by atoms with van der Waals surface area (Å²) >= 11 is 0. The standard InChI is InChI=1S/C12H18F2N2O/c1-12(2,17-3)11(16-15)7-8-4-5-9(13)10(14)6-8/h4-6,11,16H,7,15H2,1-3H3. The number of nitrogens with one attached hydrogen (secondary N) is 1. The molecule has 3 nitrogen and oxygen atoms in total. The van der Waals surface area contributed by atoms with Crippen molar-refractivity contribution >= 4 is 0 Å². The molecule has 0 aliphatic heterocycles. The van der Waals surface area contributed by atoms with Gasteiger partial charge in [-0.1, -0.05) is 6.07 Å². The largest absolute Gasteiger partial charge is 0.377 e. The molecule has 0 heterocycles. The van der Waals surface area contributed by atoms with Gasteiger partial charge in [-0.15, -0.1) is 0 Å². The lowest BCUT2D eigenvalue weighted by molar-refractivity contribution is -0.0101. The molecule has 0 aliphatic rings. The van der Waals surface area contributed by atoms with Crippen molar-refractivity contribution in [2.24, 2.45) is 5.84 Å². The average molecular weight is 244 g/mol. The Bertz CT molecular complexity index is 383. The summed E-state index contributed by atoms with van der Waals surface area (Å²) in [5, 5.41) is 0. The van der Waals surface area contributed by atoms with Gasteiger partial charge in [0, 0.05) is 7.11 Å². The molecule has 1 aromatic rings.